The van der Waals surface area contributed by atoms with Crippen LogP contribution >= 0.6 is 0 Å². The Morgan fingerprint density at radius 3 is 2.07 bits per heavy atom. The van der Waals surface area contributed by atoms with E-state index in [0.29, 0.717) is 23.0 Å². The van der Waals surface area contributed by atoms with Crippen LogP contribution in [0.4, 0.5) is 0 Å². The summed E-state index contributed by atoms with van der Waals surface area (Å²) in [5.41, 5.74) is 4.24. The number of hydrogen-bond acceptors (Lipinski definition) is 6. The van der Waals surface area contributed by atoms with Gasteiger partial charge >= 0.3 is 0 Å². The molecule has 0 saturated carbocycles. The largest absolute Gasteiger partial charge is 0.493 e. The molecule has 2 amide bonds. The van der Waals surface area contributed by atoms with E-state index in [4.69, 9.17) is 14.2 Å². The summed E-state index contributed by atoms with van der Waals surface area (Å²) in [6.07, 6.45) is 0. The molecule has 2 aromatic rings. The number of nitrogens with one attached hydrogen (secondary N) is 2. The maximum atomic E-state index is 12.4. The van der Waals surface area contributed by atoms with Crippen LogP contribution in [0.5, 0.6) is 17.2 Å². The molecule has 8 heteroatoms. The van der Waals surface area contributed by atoms with E-state index in [0.717, 1.165) is 5.56 Å². The van der Waals surface area contributed by atoms with Gasteiger partial charge in [0.1, 0.15) is 0 Å². The minimum atomic E-state index is -0.460. The normalized spacial score (nSPS) is 10.8. The number of benzene rings is 2. The van der Waals surface area contributed by atoms with E-state index in [1.165, 1.54) is 33.5 Å². The van der Waals surface area contributed by atoms with Crippen LogP contribution in [0, 0.1) is 0 Å². The number of hydrazone groups is 1. The summed E-state index contributed by atoms with van der Waals surface area (Å²) in [4.78, 5) is 24.3. The molecule has 2 N–H and O–H groups in total. The summed E-state index contributed by atoms with van der Waals surface area (Å²) >= 11 is 0. The summed E-state index contributed by atoms with van der Waals surface area (Å²) in [7, 11) is 4.39. The Morgan fingerprint density at radius 2 is 1.54 bits per heavy atom. The minimum absolute atomic E-state index is 0.235. The number of hydrogen-bond donors (Lipinski definition) is 2. The lowest BCUT2D eigenvalue weighted by Crippen LogP contribution is -2.35. The number of methoxy groups -OCH3 is 3. The standard InChI is InChI=1S/C20H23N3O5/c1-13(14-8-6-5-7-9-14)22-23-18(24)12-21-20(25)15-10-16(26-2)19(28-4)17(11-15)27-3/h5-11H,12H2,1-4H3,(H,21,25)(H,23,24). The lowest BCUT2D eigenvalue weighted by molar-refractivity contribution is -0.120. The summed E-state index contributed by atoms with van der Waals surface area (Å²) < 4.78 is 15.7. The highest BCUT2D eigenvalue weighted by molar-refractivity contribution is 6.00. The Morgan fingerprint density at radius 1 is 0.929 bits per heavy atom. The molecule has 0 saturated heterocycles. The molecule has 0 bridgehead atoms. The van der Waals surface area contributed by atoms with E-state index in [2.05, 4.69) is 15.8 Å². The average Bonchev–Trinajstić information content (AvgIpc) is 2.74. The molecule has 148 valence electrons. The molecule has 0 unspecified atom stereocenters. The first-order chi connectivity index (χ1) is 13.5. The van der Waals surface area contributed by atoms with Gasteiger partial charge in [-0.05, 0) is 24.6 Å². The van der Waals surface area contributed by atoms with Crippen molar-refractivity contribution in [3.63, 3.8) is 0 Å². The molecule has 0 fully saturated rings. The highest BCUT2D eigenvalue weighted by Crippen LogP contribution is 2.38. The molecular formula is C20H23N3O5. The van der Waals surface area contributed by atoms with Crippen molar-refractivity contribution in [2.75, 3.05) is 27.9 Å². The SMILES string of the molecule is COc1cc(C(=O)NCC(=O)NN=C(C)c2ccccc2)cc(OC)c1OC. The highest BCUT2D eigenvalue weighted by Gasteiger charge is 2.17. The molecule has 0 aliphatic heterocycles. The number of carbonyl (C=O) groups is 2. The molecule has 2 aromatic carbocycles. The van der Waals surface area contributed by atoms with Crippen LogP contribution in [0.2, 0.25) is 0 Å². The van der Waals surface area contributed by atoms with Crippen LogP contribution in [-0.4, -0.2) is 45.4 Å². The first-order valence-electron chi connectivity index (χ1n) is 8.47. The van der Waals surface area contributed by atoms with Crippen molar-refractivity contribution >= 4 is 17.5 Å². The van der Waals surface area contributed by atoms with Crippen LogP contribution in [0.15, 0.2) is 47.6 Å². The monoisotopic (exact) mass is 385 g/mol. The topological polar surface area (TPSA) is 98.2 Å². The van der Waals surface area contributed by atoms with Gasteiger partial charge in [-0.1, -0.05) is 30.3 Å². The van der Waals surface area contributed by atoms with Gasteiger partial charge in [-0.25, -0.2) is 5.43 Å². The van der Waals surface area contributed by atoms with Crippen LogP contribution < -0.4 is 25.0 Å². The zero-order valence-corrected chi connectivity index (χ0v) is 16.2. The maximum absolute atomic E-state index is 12.4. The summed E-state index contributed by atoms with van der Waals surface area (Å²) in [6, 6.07) is 12.4. The third-order valence-electron chi connectivity index (χ3n) is 3.88. The number of nitrogens with zero attached hydrogens (tertiary/aromatic N) is 1. The fourth-order valence-electron chi connectivity index (χ4n) is 2.40. The third kappa shape index (κ3) is 5.23. The average molecular weight is 385 g/mol. The van der Waals surface area contributed by atoms with E-state index in [9.17, 15) is 9.59 Å². The van der Waals surface area contributed by atoms with Crippen molar-refractivity contribution in [3.05, 3.63) is 53.6 Å². The molecule has 2 rings (SSSR count). The third-order valence-corrected chi connectivity index (χ3v) is 3.88. The van der Waals surface area contributed by atoms with Gasteiger partial charge in [-0.15, -0.1) is 0 Å². The summed E-state index contributed by atoms with van der Waals surface area (Å²) in [5.74, 6) is 0.165. The Labute approximate surface area is 163 Å². The molecule has 0 aromatic heterocycles. The van der Waals surface area contributed by atoms with E-state index >= 15 is 0 Å². The van der Waals surface area contributed by atoms with Crippen molar-refractivity contribution in [2.24, 2.45) is 5.10 Å². The molecule has 0 atom stereocenters. The molecule has 0 spiro atoms. The lowest BCUT2D eigenvalue weighted by atomic mass is 10.1. The quantitative estimate of drug-likeness (QED) is 0.535. The second kappa shape index (κ2) is 9.96. The van der Waals surface area contributed by atoms with E-state index < -0.39 is 11.8 Å². The van der Waals surface area contributed by atoms with E-state index in [1.807, 2.05) is 30.3 Å². The van der Waals surface area contributed by atoms with Crippen molar-refractivity contribution in [1.29, 1.82) is 0 Å². The second-order valence-electron chi connectivity index (χ2n) is 5.69. The van der Waals surface area contributed by atoms with E-state index in [1.54, 1.807) is 6.92 Å². The predicted molar refractivity (Wildman–Crippen MR) is 105 cm³/mol. The highest BCUT2D eigenvalue weighted by atomic mass is 16.5. The molecule has 0 aliphatic rings. The fourth-order valence-corrected chi connectivity index (χ4v) is 2.40. The fraction of sp³-hybridized carbons (Fsp3) is 0.250. The van der Waals surface area contributed by atoms with Crippen LogP contribution in [-0.2, 0) is 4.79 Å². The first kappa shape index (κ1) is 20.8. The molecule has 8 nitrogen and oxygen atoms in total. The molecule has 28 heavy (non-hydrogen) atoms. The zero-order valence-electron chi connectivity index (χ0n) is 16.2. The minimum Gasteiger partial charge on any atom is -0.493 e. The number of amides is 2. The number of carbonyl (C=O) groups excluding carboxylic acids is 2. The van der Waals surface area contributed by atoms with Crippen LogP contribution in [0.1, 0.15) is 22.8 Å². The summed E-state index contributed by atoms with van der Waals surface area (Å²) in [5, 5.41) is 6.56. The Bertz CT molecular complexity index is 840. The van der Waals surface area contributed by atoms with Gasteiger partial charge in [-0.2, -0.15) is 5.10 Å². The lowest BCUT2D eigenvalue weighted by Gasteiger charge is -2.14. The number of rotatable bonds is 8. The molecule has 0 aliphatic carbocycles. The maximum Gasteiger partial charge on any atom is 0.259 e. The molecule has 0 heterocycles. The van der Waals surface area contributed by atoms with E-state index in [-0.39, 0.29) is 12.1 Å². The van der Waals surface area contributed by atoms with Crippen LogP contribution in [0.3, 0.4) is 0 Å². The zero-order chi connectivity index (χ0) is 20.5. The Balaban J connectivity index is 1.99. The van der Waals surface area contributed by atoms with Gasteiger partial charge in [0.2, 0.25) is 5.75 Å². The van der Waals surface area contributed by atoms with Crippen molar-refractivity contribution in [3.8, 4) is 17.2 Å². The Hall–Kier alpha value is -3.55. The van der Waals surface area contributed by atoms with Gasteiger partial charge < -0.3 is 19.5 Å². The smallest absolute Gasteiger partial charge is 0.259 e. The molecule has 0 radical (unpaired) electrons. The first-order valence-corrected chi connectivity index (χ1v) is 8.47. The number of ether oxygens (including phenoxy) is 3. The van der Waals surface area contributed by atoms with Crippen molar-refractivity contribution < 1.29 is 23.8 Å². The van der Waals surface area contributed by atoms with Gasteiger partial charge in [0.15, 0.2) is 11.5 Å². The van der Waals surface area contributed by atoms with Gasteiger partial charge in [0, 0.05) is 5.56 Å². The van der Waals surface area contributed by atoms with Gasteiger partial charge in [0.25, 0.3) is 11.8 Å². The Kier molecular flexibility index (Phi) is 7.38. The molecular weight excluding hydrogens is 362 g/mol. The van der Waals surface area contributed by atoms with Crippen LogP contribution in [0.25, 0.3) is 0 Å². The van der Waals surface area contributed by atoms with Gasteiger partial charge in [-0.3, -0.25) is 9.59 Å². The van der Waals surface area contributed by atoms with Crippen molar-refractivity contribution in [1.82, 2.24) is 10.7 Å². The second-order valence-corrected chi connectivity index (χ2v) is 5.69. The van der Waals surface area contributed by atoms with Gasteiger partial charge in [0.05, 0.1) is 33.6 Å². The summed E-state index contributed by atoms with van der Waals surface area (Å²) in [6.45, 7) is 1.55. The predicted octanol–water partition coefficient (Wildman–Crippen LogP) is 1.98. The van der Waals surface area contributed by atoms with Crippen molar-refractivity contribution in [2.45, 2.75) is 6.92 Å².